The molecule has 2 aromatic heterocycles. The number of nitrogens with zero attached hydrogens (tertiary/aromatic N) is 3. The van der Waals surface area contributed by atoms with Crippen LogP contribution >= 0.6 is 0 Å². The molecule has 15 heavy (non-hydrogen) atoms. The van der Waals surface area contributed by atoms with E-state index in [4.69, 9.17) is 0 Å². The molecule has 2 aromatic rings. The van der Waals surface area contributed by atoms with Crippen molar-refractivity contribution in [1.82, 2.24) is 19.9 Å². The average Bonchev–Trinajstić information content (AvgIpc) is 2.16. The van der Waals surface area contributed by atoms with Gasteiger partial charge in [-0.1, -0.05) is 13.8 Å². The van der Waals surface area contributed by atoms with Gasteiger partial charge in [-0.3, -0.25) is 4.79 Å². The molecule has 0 saturated carbocycles. The van der Waals surface area contributed by atoms with Crippen LogP contribution in [0.25, 0.3) is 11.2 Å². The zero-order valence-electron chi connectivity index (χ0n) is 8.69. The lowest BCUT2D eigenvalue weighted by Crippen LogP contribution is -2.15. The summed E-state index contributed by atoms with van der Waals surface area (Å²) in [6, 6.07) is 0. The van der Waals surface area contributed by atoms with Crippen LogP contribution in [-0.2, 0) is 6.42 Å². The summed E-state index contributed by atoms with van der Waals surface area (Å²) in [6.45, 7) is 4.14. The predicted octanol–water partition coefficient (Wildman–Crippen LogP) is 0.912. The maximum Gasteiger partial charge on any atom is 0.279 e. The van der Waals surface area contributed by atoms with E-state index in [2.05, 4.69) is 33.8 Å². The largest absolute Gasteiger partial charge is 0.309 e. The molecule has 2 rings (SSSR count). The molecule has 0 amide bonds. The van der Waals surface area contributed by atoms with Crippen molar-refractivity contribution in [2.75, 3.05) is 0 Å². The monoisotopic (exact) mass is 204 g/mol. The van der Waals surface area contributed by atoms with Crippen molar-refractivity contribution < 1.29 is 0 Å². The molecule has 0 unspecified atom stereocenters. The summed E-state index contributed by atoms with van der Waals surface area (Å²) in [5, 5.41) is 0. The van der Waals surface area contributed by atoms with Crippen LogP contribution in [0.1, 0.15) is 19.7 Å². The molecule has 0 radical (unpaired) electrons. The molecule has 5 heteroatoms. The van der Waals surface area contributed by atoms with Gasteiger partial charge in [0.1, 0.15) is 5.82 Å². The molecule has 1 N–H and O–H groups in total. The van der Waals surface area contributed by atoms with Crippen LogP contribution in [-0.4, -0.2) is 19.9 Å². The summed E-state index contributed by atoms with van der Waals surface area (Å²) in [4.78, 5) is 26.5. The third-order valence-electron chi connectivity index (χ3n) is 1.99. The topological polar surface area (TPSA) is 71.5 Å². The maximum atomic E-state index is 11.6. The fraction of sp³-hybridized carbons (Fsp3) is 0.400. The number of hydrogen-bond donors (Lipinski definition) is 1. The van der Waals surface area contributed by atoms with Crippen molar-refractivity contribution in [2.45, 2.75) is 20.3 Å². The lowest BCUT2D eigenvalue weighted by Gasteiger charge is -2.03. The van der Waals surface area contributed by atoms with Gasteiger partial charge in [0.25, 0.3) is 5.56 Å². The van der Waals surface area contributed by atoms with E-state index in [0.29, 0.717) is 22.9 Å². The molecule has 0 spiro atoms. The van der Waals surface area contributed by atoms with Crippen LogP contribution in [0.15, 0.2) is 17.2 Å². The van der Waals surface area contributed by atoms with Crippen LogP contribution < -0.4 is 5.56 Å². The average molecular weight is 204 g/mol. The van der Waals surface area contributed by atoms with Gasteiger partial charge >= 0.3 is 0 Å². The van der Waals surface area contributed by atoms with Crippen LogP contribution in [0.5, 0.6) is 0 Å². The Morgan fingerprint density at radius 2 is 2.07 bits per heavy atom. The van der Waals surface area contributed by atoms with E-state index in [1.807, 2.05) is 0 Å². The van der Waals surface area contributed by atoms with Gasteiger partial charge in [0, 0.05) is 18.8 Å². The Labute approximate surface area is 86.6 Å². The molecule has 0 fully saturated rings. The number of fused-ring (bicyclic) bond motifs is 1. The molecule has 2 heterocycles. The van der Waals surface area contributed by atoms with E-state index in [1.165, 1.54) is 12.4 Å². The first-order valence-corrected chi connectivity index (χ1v) is 4.86. The first-order valence-electron chi connectivity index (χ1n) is 4.86. The van der Waals surface area contributed by atoms with E-state index < -0.39 is 0 Å². The third-order valence-corrected chi connectivity index (χ3v) is 1.99. The SMILES string of the molecule is CC(C)Cc1nc2nccnc2c(=O)[nH]1. The first-order chi connectivity index (χ1) is 7.16. The van der Waals surface area contributed by atoms with Crippen LogP contribution in [0.3, 0.4) is 0 Å². The summed E-state index contributed by atoms with van der Waals surface area (Å²) in [5.74, 6) is 1.12. The Balaban J connectivity index is 2.57. The van der Waals surface area contributed by atoms with Crippen LogP contribution in [0, 0.1) is 5.92 Å². The quantitative estimate of drug-likeness (QED) is 0.789. The fourth-order valence-corrected chi connectivity index (χ4v) is 1.40. The second-order valence-corrected chi connectivity index (χ2v) is 3.84. The van der Waals surface area contributed by atoms with Crippen molar-refractivity contribution in [1.29, 1.82) is 0 Å². The van der Waals surface area contributed by atoms with Gasteiger partial charge in [-0.15, -0.1) is 0 Å². The highest BCUT2D eigenvalue weighted by atomic mass is 16.1. The minimum atomic E-state index is -0.219. The van der Waals surface area contributed by atoms with Crippen molar-refractivity contribution in [2.24, 2.45) is 5.92 Å². The summed E-state index contributed by atoms with van der Waals surface area (Å²) < 4.78 is 0. The van der Waals surface area contributed by atoms with Gasteiger partial charge in [0.05, 0.1) is 0 Å². The Bertz CT molecular complexity index is 532. The van der Waals surface area contributed by atoms with Crippen molar-refractivity contribution >= 4 is 11.2 Å². The highest BCUT2D eigenvalue weighted by Crippen LogP contribution is 2.03. The van der Waals surface area contributed by atoms with Gasteiger partial charge in [0.2, 0.25) is 0 Å². The molecule has 0 aliphatic heterocycles. The van der Waals surface area contributed by atoms with E-state index in [-0.39, 0.29) is 5.56 Å². The van der Waals surface area contributed by atoms with Gasteiger partial charge in [-0.25, -0.2) is 15.0 Å². The number of aromatic nitrogens is 4. The van der Waals surface area contributed by atoms with Crippen molar-refractivity contribution in [3.05, 3.63) is 28.6 Å². The molecular weight excluding hydrogens is 192 g/mol. The number of H-pyrrole nitrogens is 1. The molecule has 0 bridgehead atoms. The standard InChI is InChI=1S/C10H12N4O/c1-6(2)5-7-13-9-8(10(15)14-7)11-3-4-12-9/h3-4,6H,5H2,1-2H3,(H,12,13,14,15). The lowest BCUT2D eigenvalue weighted by atomic mass is 10.1. The van der Waals surface area contributed by atoms with Gasteiger partial charge in [-0.2, -0.15) is 0 Å². The first kappa shape index (κ1) is 9.76. The smallest absolute Gasteiger partial charge is 0.279 e. The zero-order valence-corrected chi connectivity index (χ0v) is 8.69. The Morgan fingerprint density at radius 1 is 1.33 bits per heavy atom. The summed E-state index contributed by atoms with van der Waals surface area (Å²) in [5.41, 5.74) is 0.491. The molecule has 5 nitrogen and oxygen atoms in total. The van der Waals surface area contributed by atoms with E-state index in [9.17, 15) is 4.79 Å². The van der Waals surface area contributed by atoms with E-state index >= 15 is 0 Å². The molecular formula is C10H12N4O. The number of rotatable bonds is 2. The van der Waals surface area contributed by atoms with Gasteiger partial charge in [0.15, 0.2) is 11.2 Å². The number of aromatic amines is 1. The maximum absolute atomic E-state index is 11.6. The number of nitrogens with one attached hydrogen (secondary N) is 1. The van der Waals surface area contributed by atoms with Crippen molar-refractivity contribution in [3.8, 4) is 0 Å². The Hall–Kier alpha value is -1.78. The molecule has 0 atom stereocenters. The lowest BCUT2D eigenvalue weighted by molar-refractivity contribution is 0.620. The van der Waals surface area contributed by atoms with E-state index in [1.54, 1.807) is 0 Å². The predicted molar refractivity (Wildman–Crippen MR) is 56.5 cm³/mol. The molecule has 0 aromatic carbocycles. The Morgan fingerprint density at radius 3 is 2.80 bits per heavy atom. The second kappa shape index (κ2) is 3.76. The highest BCUT2D eigenvalue weighted by Gasteiger charge is 2.06. The molecule has 78 valence electrons. The van der Waals surface area contributed by atoms with E-state index in [0.717, 1.165) is 6.42 Å². The zero-order chi connectivity index (χ0) is 10.8. The molecule has 0 aliphatic carbocycles. The third kappa shape index (κ3) is 2.01. The van der Waals surface area contributed by atoms with Crippen LogP contribution in [0.4, 0.5) is 0 Å². The molecule has 0 saturated heterocycles. The fourth-order valence-electron chi connectivity index (χ4n) is 1.40. The second-order valence-electron chi connectivity index (χ2n) is 3.84. The minimum absolute atomic E-state index is 0.219. The summed E-state index contributed by atoms with van der Waals surface area (Å²) >= 11 is 0. The number of hydrogen-bond acceptors (Lipinski definition) is 4. The van der Waals surface area contributed by atoms with Crippen LogP contribution in [0.2, 0.25) is 0 Å². The highest BCUT2D eigenvalue weighted by molar-refractivity contribution is 5.67. The summed E-state index contributed by atoms with van der Waals surface area (Å²) in [6.07, 6.45) is 3.76. The molecule has 0 aliphatic rings. The van der Waals surface area contributed by atoms with Gasteiger partial charge in [-0.05, 0) is 5.92 Å². The normalized spacial score (nSPS) is 11.1. The van der Waals surface area contributed by atoms with Gasteiger partial charge < -0.3 is 4.98 Å². The minimum Gasteiger partial charge on any atom is -0.309 e. The summed E-state index contributed by atoms with van der Waals surface area (Å²) in [7, 11) is 0. The van der Waals surface area contributed by atoms with Crippen molar-refractivity contribution in [3.63, 3.8) is 0 Å². The Kier molecular flexibility index (Phi) is 2.45.